The molecule has 2 heterocycles. The van der Waals surface area contributed by atoms with Crippen LogP contribution >= 0.6 is 0 Å². The molecule has 0 saturated heterocycles. The van der Waals surface area contributed by atoms with Crippen molar-refractivity contribution in [3.8, 4) is 5.75 Å². The van der Waals surface area contributed by atoms with Crippen LogP contribution in [0.2, 0.25) is 0 Å². The number of aryl methyl sites for hydroxylation is 1. The Kier molecular flexibility index (Phi) is 4.57. The molecule has 28 heavy (non-hydrogen) atoms. The first-order valence-corrected chi connectivity index (χ1v) is 8.91. The van der Waals surface area contributed by atoms with E-state index in [4.69, 9.17) is 4.74 Å². The Morgan fingerprint density at radius 3 is 2.46 bits per heavy atom. The maximum Gasteiger partial charge on any atom is 0.332 e. The van der Waals surface area contributed by atoms with Crippen molar-refractivity contribution in [2.24, 2.45) is 14.1 Å². The third-order valence-corrected chi connectivity index (χ3v) is 4.72. The highest BCUT2D eigenvalue weighted by atomic mass is 16.5. The normalized spacial score (nSPS) is 11.1. The number of hydrogen-bond donors (Lipinski definition) is 0. The molecule has 2 aromatic heterocycles. The van der Waals surface area contributed by atoms with Crippen LogP contribution in [0.15, 0.2) is 70.5 Å². The van der Waals surface area contributed by atoms with Crippen LogP contribution in [0.1, 0.15) is 11.1 Å². The Bertz CT molecular complexity index is 1250. The predicted octanol–water partition coefficient (Wildman–Crippen LogP) is 2.06. The Balaban J connectivity index is 1.62. The second kappa shape index (κ2) is 7.19. The number of aromatic nitrogens is 4. The van der Waals surface area contributed by atoms with Crippen molar-refractivity contribution in [3.63, 3.8) is 0 Å². The van der Waals surface area contributed by atoms with E-state index in [1.807, 2.05) is 54.6 Å². The van der Waals surface area contributed by atoms with Gasteiger partial charge < -0.3 is 9.30 Å². The van der Waals surface area contributed by atoms with E-state index in [1.54, 1.807) is 17.9 Å². The van der Waals surface area contributed by atoms with Crippen LogP contribution in [0.25, 0.3) is 11.2 Å². The zero-order valence-corrected chi connectivity index (χ0v) is 15.7. The zero-order chi connectivity index (χ0) is 19.7. The molecule has 4 aromatic rings. The van der Waals surface area contributed by atoms with Gasteiger partial charge in [0, 0.05) is 20.6 Å². The molecule has 0 unspecified atom stereocenters. The van der Waals surface area contributed by atoms with Gasteiger partial charge in [0.05, 0.1) is 6.33 Å². The van der Waals surface area contributed by atoms with Gasteiger partial charge in [-0.1, -0.05) is 42.5 Å². The van der Waals surface area contributed by atoms with Crippen LogP contribution in [0.4, 0.5) is 0 Å². The molecule has 0 saturated carbocycles. The molecule has 0 bridgehead atoms. The average Bonchev–Trinajstić information content (AvgIpc) is 3.14. The lowest BCUT2D eigenvalue weighted by Crippen LogP contribution is -2.37. The second-order valence-corrected chi connectivity index (χ2v) is 6.67. The molecular formula is C21H20N4O3. The van der Waals surface area contributed by atoms with Crippen molar-refractivity contribution >= 4 is 11.2 Å². The second-order valence-electron chi connectivity index (χ2n) is 6.67. The van der Waals surface area contributed by atoms with Crippen LogP contribution in [0, 0.1) is 0 Å². The monoisotopic (exact) mass is 376 g/mol. The molecule has 0 N–H and O–H groups in total. The van der Waals surface area contributed by atoms with Gasteiger partial charge in [-0.2, -0.15) is 0 Å². The van der Waals surface area contributed by atoms with Crippen LogP contribution in [0.3, 0.4) is 0 Å². The van der Waals surface area contributed by atoms with Crippen LogP contribution in [-0.4, -0.2) is 18.7 Å². The summed E-state index contributed by atoms with van der Waals surface area (Å²) in [7, 11) is 3.08. The van der Waals surface area contributed by atoms with Crippen LogP contribution in [-0.2, 0) is 27.2 Å². The van der Waals surface area contributed by atoms with Crippen LogP contribution < -0.4 is 16.0 Å². The molecule has 0 fully saturated rings. The van der Waals surface area contributed by atoms with E-state index < -0.39 is 0 Å². The average molecular weight is 376 g/mol. The van der Waals surface area contributed by atoms with E-state index in [1.165, 1.54) is 11.6 Å². The predicted molar refractivity (Wildman–Crippen MR) is 107 cm³/mol. The van der Waals surface area contributed by atoms with Gasteiger partial charge >= 0.3 is 5.69 Å². The van der Waals surface area contributed by atoms with Crippen molar-refractivity contribution in [3.05, 3.63) is 92.9 Å². The van der Waals surface area contributed by atoms with Crippen molar-refractivity contribution in [2.45, 2.75) is 13.2 Å². The summed E-state index contributed by atoms with van der Waals surface area (Å²) in [6.45, 7) is 0.938. The molecule has 4 rings (SSSR count). The third kappa shape index (κ3) is 3.22. The highest BCUT2D eigenvalue weighted by molar-refractivity contribution is 5.70. The van der Waals surface area contributed by atoms with Gasteiger partial charge in [0.25, 0.3) is 5.56 Å². The molecule has 2 aromatic carbocycles. The van der Waals surface area contributed by atoms with Gasteiger partial charge in [0.1, 0.15) is 12.4 Å². The molecule has 0 amide bonds. The Morgan fingerprint density at radius 1 is 0.929 bits per heavy atom. The summed E-state index contributed by atoms with van der Waals surface area (Å²) in [6, 6.07) is 17.7. The molecule has 0 aliphatic carbocycles. The first-order valence-electron chi connectivity index (χ1n) is 8.91. The van der Waals surface area contributed by atoms with Gasteiger partial charge in [-0.25, -0.2) is 9.78 Å². The molecular weight excluding hydrogens is 356 g/mol. The number of rotatable bonds is 5. The van der Waals surface area contributed by atoms with Gasteiger partial charge in [0.2, 0.25) is 0 Å². The number of nitrogens with zero attached hydrogens (tertiary/aromatic N) is 4. The highest BCUT2D eigenvalue weighted by Crippen LogP contribution is 2.17. The van der Waals surface area contributed by atoms with E-state index >= 15 is 0 Å². The first-order chi connectivity index (χ1) is 13.5. The maximum absolute atomic E-state index is 12.6. The fourth-order valence-electron chi connectivity index (χ4n) is 3.19. The van der Waals surface area contributed by atoms with Crippen molar-refractivity contribution < 1.29 is 4.74 Å². The number of ether oxygens (including phenoxy) is 1. The van der Waals surface area contributed by atoms with Crippen molar-refractivity contribution in [2.75, 3.05) is 0 Å². The summed E-state index contributed by atoms with van der Waals surface area (Å²) in [5.41, 5.74) is 2.11. The number of benzene rings is 2. The highest BCUT2D eigenvalue weighted by Gasteiger charge is 2.14. The number of fused-ring (bicyclic) bond motifs is 1. The van der Waals surface area contributed by atoms with E-state index in [-0.39, 0.29) is 11.2 Å². The molecule has 0 aliphatic heterocycles. The van der Waals surface area contributed by atoms with Crippen LogP contribution in [0.5, 0.6) is 5.75 Å². The number of imidazole rings is 1. The maximum atomic E-state index is 12.6. The first kappa shape index (κ1) is 17.8. The Hall–Kier alpha value is -3.61. The van der Waals surface area contributed by atoms with E-state index in [9.17, 15) is 9.59 Å². The zero-order valence-electron chi connectivity index (χ0n) is 15.7. The lowest BCUT2D eigenvalue weighted by atomic mass is 10.2. The minimum Gasteiger partial charge on any atom is -0.489 e. The van der Waals surface area contributed by atoms with E-state index in [0.29, 0.717) is 24.3 Å². The summed E-state index contributed by atoms with van der Waals surface area (Å²) in [4.78, 5) is 28.9. The minimum absolute atomic E-state index is 0.355. The molecule has 7 heteroatoms. The fraction of sp³-hybridized carbons (Fsp3) is 0.190. The Morgan fingerprint density at radius 2 is 1.68 bits per heavy atom. The summed E-state index contributed by atoms with van der Waals surface area (Å²) in [6.07, 6.45) is 1.59. The summed E-state index contributed by atoms with van der Waals surface area (Å²) < 4.78 is 10.1. The molecule has 0 spiro atoms. The van der Waals surface area contributed by atoms with Gasteiger partial charge in [0.15, 0.2) is 11.2 Å². The standard InChI is InChI=1S/C21H20N4O3/c1-23-19-18(20(26)24(2)21(23)27)25(14-22-19)12-16-9-6-10-17(11-16)28-13-15-7-4-3-5-8-15/h3-11,14H,12-13H2,1-2H3. The molecule has 142 valence electrons. The van der Waals surface area contributed by atoms with E-state index in [0.717, 1.165) is 21.4 Å². The summed E-state index contributed by atoms with van der Waals surface area (Å²) >= 11 is 0. The summed E-state index contributed by atoms with van der Waals surface area (Å²) in [5, 5.41) is 0. The lowest BCUT2D eigenvalue weighted by Gasteiger charge is -2.10. The molecule has 7 nitrogen and oxygen atoms in total. The van der Waals surface area contributed by atoms with Gasteiger partial charge in [-0.15, -0.1) is 0 Å². The fourth-order valence-corrected chi connectivity index (χ4v) is 3.19. The molecule has 0 aliphatic rings. The quantitative estimate of drug-likeness (QED) is 0.535. The van der Waals surface area contributed by atoms with Crippen molar-refractivity contribution in [1.29, 1.82) is 0 Å². The van der Waals surface area contributed by atoms with Gasteiger partial charge in [-0.05, 0) is 23.3 Å². The lowest BCUT2D eigenvalue weighted by molar-refractivity contribution is 0.306. The topological polar surface area (TPSA) is 71.0 Å². The molecule has 0 radical (unpaired) electrons. The smallest absolute Gasteiger partial charge is 0.332 e. The number of hydrogen-bond acceptors (Lipinski definition) is 4. The Labute approximate surface area is 161 Å². The van der Waals surface area contributed by atoms with E-state index in [2.05, 4.69) is 4.98 Å². The molecule has 0 atom stereocenters. The van der Waals surface area contributed by atoms with Gasteiger partial charge in [-0.3, -0.25) is 13.9 Å². The SMILES string of the molecule is Cn1c(=O)c2c(ncn2Cc2cccc(OCc3ccccc3)c2)n(C)c1=O. The summed E-state index contributed by atoms with van der Waals surface area (Å²) in [5.74, 6) is 0.756. The van der Waals surface area contributed by atoms with Crippen molar-refractivity contribution in [1.82, 2.24) is 18.7 Å². The largest absolute Gasteiger partial charge is 0.489 e. The third-order valence-electron chi connectivity index (χ3n) is 4.72. The minimum atomic E-state index is -0.390.